The van der Waals surface area contributed by atoms with Crippen LogP contribution in [0.1, 0.15) is 27.2 Å². The van der Waals surface area contributed by atoms with Gasteiger partial charge < -0.3 is 36.6 Å². The van der Waals surface area contributed by atoms with E-state index < -0.39 is 12.5 Å². The molecule has 3 amide bonds. The molecule has 0 aliphatic rings. The summed E-state index contributed by atoms with van der Waals surface area (Å²) in [6.07, 6.45) is -1.04. The maximum absolute atomic E-state index is 11.7. The maximum atomic E-state index is 11.7. The Morgan fingerprint density at radius 2 is 1.81 bits per heavy atom. The van der Waals surface area contributed by atoms with E-state index in [0.29, 0.717) is 24.6 Å². The summed E-state index contributed by atoms with van der Waals surface area (Å²) in [6, 6.07) is -0.296. The minimum Gasteiger partial charge on any atom is -0.377 e. The van der Waals surface area contributed by atoms with Crippen LogP contribution in [0.25, 0.3) is 0 Å². The molecule has 0 aromatic carbocycles. The molecule has 0 rings (SSSR count). The average Bonchev–Trinajstić information content (AvgIpc) is 2.61. The quantitative estimate of drug-likeness (QED) is 0.171. The molecule has 0 saturated heterocycles. The standard InChI is InChI=1S/C16H34N4O5S/c1-4-11(2)15(23)25-7-5-18-16(24)19-6-8-26-10-12(3)14(22)20-9-13(17)21/h11-13,15,21,23H,4-10,17H2,1-3H3,(H,20,22)(H2,18,19,24). The Labute approximate surface area is 159 Å². The first-order valence-electron chi connectivity index (χ1n) is 8.88. The van der Waals surface area contributed by atoms with Gasteiger partial charge in [0.1, 0.15) is 6.23 Å². The number of carbonyl (C=O) groups excluding carboxylic acids is 2. The van der Waals surface area contributed by atoms with E-state index in [1.54, 1.807) is 18.7 Å². The smallest absolute Gasteiger partial charge is 0.314 e. The van der Waals surface area contributed by atoms with Crippen molar-refractivity contribution in [1.29, 1.82) is 0 Å². The second-order valence-corrected chi connectivity index (χ2v) is 7.27. The fourth-order valence-corrected chi connectivity index (χ4v) is 2.64. The van der Waals surface area contributed by atoms with Crippen LogP contribution in [0.4, 0.5) is 4.79 Å². The van der Waals surface area contributed by atoms with E-state index in [-0.39, 0.29) is 36.9 Å². The molecule has 0 saturated carbocycles. The van der Waals surface area contributed by atoms with Gasteiger partial charge in [-0.3, -0.25) is 4.79 Å². The van der Waals surface area contributed by atoms with Gasteiger partial charge in [-0.15, -0.1) is 0 Å². The van der Waals surface area contributed by atoms with Gasteiger partial charge in [0.05, 0.1) is 13.2 Å². The van der Waals surface area contributed by atoms with Gasteiger partial charge in [0.15, 0.2) is 6.29 Å². The first kappa shape index (κ1) is 24.9. The van der Waals surface area contributed by atoms with Crippen LogP contribution in [-0.4, -0.2) is 72.4 Å². The Kier molecular flexibility index (Phi) is 14.4. The summed E-state index contributed by atoms with van der Waals surface area (Å²) in [4.78, 5) is 23.3. The SMILES string of the molecule is CCC(C)C(O)OCCNC(=O)NCCSCC(C)C(=O)NCC(N)O. The Hall–Kier alpha value is -1.07. The van der Waals surface area contributed by atoms with Crippen LogP contribution in [-0.2, 0) is 9.53 Å². The van der Waals surface area contributed by atoms with Gasteiger partial charge in [-0.2, -0.15) is 11.8 Å². The van der Waals surface area contributed by atoms with E-state index >= 15 is 0 Å². The zero-order valence-electron chi connectivity index (χ0n) is 15.9. The summed E-state index contributed by atoms with van der Waals surface area (Å²) in [5.74, 6) is 0.977. The lowest BCUT2D eigenvalue weighted by Crippen LogP contribution is -2.40. The number of aliphatic hydroxyl groups excluding tert-OH is 2. The van der Waals surface area contributed by atoms with Crippen molar-refractivity contribution in [3.8, 4) is 0 Å². The van der Waals surface area contributed by atoms with Crippen LogP contribution in [0.5, 0.6) is 0 Å². The Bertz CT molecular complexity index is 401. The molecule has 0 bridgehead atoms. The highest BCUT2D eigenvalue weighted by molar-refractivity contribution is 7.99. The van der Waals surface area contributed by atoms with Crippen LogP contribution in [0.15, 0.2) is 0 Å². The number of nitrogens with two attached hydrogens (primary N) is 1. The van der Waals surface area contributed by atoms with E-state index in [1.165, 1.54) is 0 Å². The van der Waals surface area contributed by atoms with Crippen LogP contribution in [0.2, 0.25) is 0 Å². The number of thioether (sulfide) groups is 1. The van der Waals surface area contributed by atoms with E-state index in [0.717, 1.165) is 6.42 Å². The predicted molar refractivity (Wildman–Crippen MR) is 103 cm³/mol. The molecule has 0 aliphatic carbocycles. The van der Waals surface area contributed by atoms with Gasteiger partial charge in [0.25, 0.3) is 0 Å². The predicted octanol–water partition coefficient (Wildman–Crippen LogP) is -0.571. The van der Waals surface area contributed by atoms with Gasteiger partial charge in [-0.25, -0.2) is 4.79 Å². The average molecular weight is 395 g/mol. The summed E-state index contributed by atoms with van der Waals surface area (Å²) in [5.41, 5.74) is 5.16. The maximum Gasteiger partial charge on any atom is 0.314 e. The van der Waals surface area contributed by atoms with Crippen molar-refractivity contribution in [1.82, 2.24) is 16.0 Å². The lowest BCUT2D eigenvalue weighted by molar-refractivity contribution is -0.129. The summed E-state index contributed by atoms with van der Waals surface area (Å²) >= 11 is 1.55. The Balaban J connectivity index is 3.60. The lowest BCUT2D eigenvalue weighted by atomic mass is 10.1. The van der Waals surface area contributed by atoms with E-state index in [1.807, 2.05) is 13.8 Å². The highest BCUT2D eigenvalue weighted by Crippen LogP contribution is 2.08. The normalized spacial score (nSPS) is 15.6. The first-order chi connectivity index (χ1) is 12.3. The van der Waals surface area contributed by atoms with Gasteiger partial charge in [-0.1, -0.05) is 20.8 Å². The fraction of sp³-hybridized carbons (Fsp3) is 0.875. The number of hydrogen-bond donors (Lipinski definition) is 6. The first-order valence-corrected chi connectivity index (χ1v) is 10.0. The third-order valence-corrected chi connectivity index (χ3v) is 4.87. The van der Waals surface area contributed by atoms with Crippen molar-refractivity contribution in [3.63, 3.8) is 0 Å². The zero-order valence-corrected chi connectivity index (χ0v) is 16.7. The molecule has 7 N–H and O–H groups in total. The number of urea groups is 1. The van der Waals surface area contributed by atoms with Gasteiger partial charge in [-0.05, 0) is 6.42 Å². The van der Waals surface area contributed by atoms with Gasteiger partial charge in [0, 0.05) is 36.4 Å². The van der Waals surface area contributed by atoms with Crippen LogP contribution in [0.3, 0.4) is 0 Å². The molecule has 9 nitrogen and oxygen atoms in total. The second kappa shape index (κ2) is 15.0. The van der Waals surface area contributed by atoms with E-state index in [9.17, 15) is 14.7 Å². The van der Waals surface area contributed by atoms with E-state index in [4.69, 9.17) is 15.6 Å². The van der Waals surface area contributed by atoms with E-state index in [2.05, 4.69) is 16.0 Å². The number of carbonyl (C=O) groups is 2. The zero-order chi connectivity index (χ0) is 19.9. The topological polar surface area (TPSA) is 146 Å². The number of nitrogens with one attached hydrogen (secondary N) is 3. The van der Waals surface area contributed by atoms with Crippen molar-refractivity contribution in [3.05, 3.63) is 0 Å². The van der Waals surface area contributed by atoms with Crippen molar-refractivity contribution in [2.24, 2.45) is 17.6 Å². The molecular weight excluding hydrogens is 360 g/mol. The summed E-state index contributed by atoms with van der Waals surface area (Å²) in [7, 11) is 0. The molecule has 0 radical (unpaired) electrons. The van der Waals surface area contributed by atoms with Crippen molar-refractivity contribution in [2.45, 2.75) is 39.7 Å². The largest absolute Gasteiger partial charge is 0.377 e. The number of ether oxygens (including phenoxy) is 1. The molecule has 0 fully saturated rings. The monoisotopic (exact) mass is 394 g/mol. The van der Waals surface area contributed by atoms with Gasteiger partial charge in [0.2, 0.25) is 5.91 Å². The van der Waals surface area contributed by atoms with Crippen LogP contribution < -0.4 is 21.7 Å². The molecule has 0 aromatic rings. The molecule has 0 spiro atoms. The minimum absolute atomic E-state index is 0.0354. The van der Waals surface area contributed by atoms with Crippen molar-refractivity contribution in [2.75, 3.05) is 37.7 Å². The summed E-state index contributed by atoms with van der Waals surface area (Å²) in [6.45, 7) is 6.73. The third-order valence-electron chi connectivity index (χ3n) is 3.64. The fourth-order valence-electron chi connectivity index (χ4n) is 1.72. The summed E-state index contributed by atoms with van der Waals surface area (Å²) < 4.78 is 5.22. The molecule has 4 atom stereocenters. The Morgan fingerprint density at radius 3 is 2.42 bits per heavy atom. The lowest BCUT2D eigenvalue weighted by Gasteiger charge is -2.17. The Morgan fingerprint density at radius 1 is 1.15 bits per heavy atom. The molecule has 10 heteroatoms. The second-order valence-electron chi connectivity index (χ2n) is 6.12. The molecule has 154 valence electrons. The van der Waals surface area contributed by atoms with Gasteiger partial charge >= 0.3 is 6.03 Å². The molecule has 26 heavy (non-hydrogen) atoms. The molecule has 0 heterocycles. The molecular formula is C16H34N4O5S. The van der Waals surface area contributed by atoms with Crippen molar-refractivity contribution >= 4 is 23.7 Å². The highest BCUT2D eigenvalue weighted by atomic mass is 32.2. The van der Waals surface area contributed by atoms with Crippen LogP contribution in [0, 0.1) is 11.8 Å². The van der Waals surface area contributed by atoms with Crippen molar-refractivity contribution < 1.29 is 24.5 Å². The van der Waals surface area contributed by atoms with Crippen LogP contribution >= 0.6 is 11.8 Å². The molecule has 0 aromatic heterocycles. The number of hydrogen-bond acceptors (Lipinski definition) is 7. The third kappa shape index (κ3) is 13.2. The number of aliphatic hydroxyl groups is 2. The summed E-state index contributed by atoms with van der Waals surface area (Å²) in [5, 5.41) is 26.4. The minimum atomic E-state index is -1.05. The number of amides is 3. The molecule has 0 aliphatic heterocycles. The molecule has 4 unspecified atom stereocenters. The highest BCUT2D eigenvalue weighted by Gasteiger charge is 2.13. The number of rotatable bonds is 14.